The molecule has 0 radical (unpaired) electrons. The van der Waals surface area contributed by atoms with E-state index in [1.54, 1.807) is 36.4 Å². The quantitative estimate of drug-likeness (QED) is 0.282. The lowest BCUT2D eigenvalue weighted by Crippen LogP contribution is -2.66. The number of hydrogen-bond acceptors (Lipinski definition) is 10. The van der Waals surface area contributed by atoms with Crippen molar-refractivity contribution in [2.45, 2.75) is 120 Å². The summed E-state index contributed by atoms with van der Waals surface area (Å²) in [5.74, 6) is -3.96. The summed E-state index contributed by atoms with van der Waals surface area (Å²) < 4.78 is 88.8. The largest absolute Gasteiger partial charge is 0.497 e. The van der Waals surface area contributed by atoms with E-state index in [2.05, 4.69) is 15.0 Å². The Morgan fingerprint density at radius 3 is 2.39 bits per heavy atom. The normalized spacial score (nSPS) is 28.6. The first-order valence-electron chi connectivity index (χ1n) is 19.6. The van der Waals surface area contributed by atoms with Crippen LogP contribution in [0, 0.1) is 17.8 Å². The van der Waals surface area contributed by atoms with Crippen molar-refractivity contribution in [1.82, 2.24) is 24.8 Å². The fourth-order valence-electron chi connectivity index (χ4n) is 8.24. The summed E-state index contributed by atoms with van der Waals surface area (Å²) in [6, 6.07) is 3.30. The topological polar surface area (TPSA) is 194 Å². The molecule has 6 rings (SSSR count). The van der Waals surface area contributed by atoms with E-state index < -0.39 is 85.9 Å². The van der Waals surface area contributed by atoms with Gasteiger partial charge in [-0.15, -0.1) is 0 Å². The van der Waals surface area contributed by atoms with Gasteiger partial charge in [0.25, 0.3) is 5.91 Å². The van der Waals surface area contributed by atoms with E-state index in [9.17, 15) is 41.1 Å². The van der Waals surface area contributed by atoms with Gasteiger partial charge in [-0.2, -0.15) is 18.2 Å². The molecular weight excluding hydrogens is 800 g/mol. The number of ether oxygens (including phenoxy) is 3. The van der Waals surface area contributed by atoms with E-state index in [4.69, 9.17) is 14.2 Å². The molecular formula is C40H52F3N5O10S. The summed E-state index contributed by atoms with van der Waals surface area (Å²) in [5, 5.41) is 14.3. The minimum atomic E-state index is -5.10. The summed E-state index contributed by atoms with van der Waals surface area (Å²) in [6.45, 7) is 5.86. The Balaban J connectivity index is 1.44. The number of fused-ring (bicyclic) bond motifs is 3. The number of carboxylic acid groups (broad SMARTS) is 1. The Morgan fingerprint density at radius 2 is 1.78 bits per heavy atom. The van der Waals surface area contributed by atoms with E-state index in [1.165, 1.54) is 28.1 Å². The molecule has 2 aliphatic carbocycles. The molecule has 2 aliphatic heterocycles. The summed E-state index contributed by atoms with van der Waals surface area (Å²) in [6.07, 6.45) is -2.99. The summed E-state index contributed by atoms with van der Waals surface area (Å²) in [7, 11) is -1.24. The number of amides is 4. The Bertz CT molecular complexity index is 2140. The molecule has 324 valence electrons. The molecule has 4 aliphatic rings. The number of pyridine rings is 1. The van der Waals surface area contributed by atoms with Gasteiger partial charge in [-0.3, -0.25) is 24.0 Å². The maximum Gasteiger partial charge on any atom is 0.411 e. The molecule has 3 N–H and O–H groups in total. The zero-order valence-electron chi connectivity index (χ0n) is 34.1. The third kappa shape index (κ3) is 8.35. The number of rotatable bonds is 9. The zero-order valence-corrected chi connectivity index (χ0v) is 34.9. The first kappa shape index (κ1) is 43.8. The van der Waals surface area contributed by atoms with Crippen molar-refractivity contribution in [2.24, 2.45) is 17.8 Å². The van der Waals surface area contributed by atoms with Gasteiger partial charge in [0.05, 0.1) is 25.5 Å². The third-order valence-electron chi connectivity index (χ3n) is 12.5. The molecule has 1 saturated heterocycles. The molecule has 59 heavy (non-hydrogen) atoms. The molecule has 19 heteroatoms. The van der Waals surface area contributed by atoms with Gasteiger partial charge < -0.3 is 29.5 Å². The molecule has 0 spiro atoms. The van der Waals surface area contributed by atoms with Crippen LogP contribution < -0.4 is 24.2 Å². The van der Waals surface area contributed by atoms with Gasteiger partial charge in [-0.1, -0.05) is 26.0 Å². The standard InChI is InChI=1S/C40H52F3N5O10S/c1-22-10-8-9-11-25-20-39(25,35(51)46-59(54,55)38(5)14-15-38)45-32(49)29-19-27(58-33-28-13-12-26(56-6)17-24(28)18-30(44-33)57-7)21-47(29)34(50)31(23(2)16-22)48(36(52)53)37(3,4)40(41,42)43/h9,11-13,17-18,22-23,25,27,29,31H,8,10,14-16,19-21H2,1-7H3,(H,45,49)(H,46,51)(H,52,53)/t22-,23-,25-,27-,29+,31+,39-/m1/s1. The van der Waals surface area contributed by atoms with Crippen LogP contribution in [0.25, 0.3) is 10.8 Å². The lowest BCUT2D eigenvalue weighted by Gasteiger charge is -2.45. The molecule has 0 unspecified atom stereocenters. The minimum Gasteiger partial charge on any atom is -0.497 e. The number of carbonyl (C=O) groups is 4. The highest BCUT2D eigenvalue weighted by atomic mass is 32.2. The SMILES string of the molecule is COc1ccc2c(O[C@@H]3C[C@H]4C(=O)N[C@]5(C(=O)NS(=O)(=O)C6(C)CC6)C[C@H]5C=CCC[C@@H](C)C[C@@H](C)[C@H](N(C(=O)O)C(C)(C)C(F)(F)F)C(=O)N4C3)nc(OC)cc2c1. The van der Waals surface area contributed by atoms with Crippen LogP contribution in [0.2, 0.25) is 0 Å². The number of hydrogen-bond donors (Lipinski definition) is 3. The fourth-order valence-corrected chi connectivity index (χ4v) is 9.56. The van der Waals surface area contributed by atoms with E-state index >= 15 is 4.79 Å². The van der Waals surface area contributed by atoms with E-state index in [0.717, 1.165) is 4.90 Å². The second-order valence-corrected chi connectivity index (χ2v) is 19.4. The van der Waals surface area contributed by atoms with E-state index in [-0.39, 0.29) is 48.4 Å². The highest BCUT2D eigenvalue weighted by Crippen LogP contribution is 2.48. The van der Waals surface area contributed by atoms with Crippen LogP contribution in [-0.2, 0) is 24.4 Å². The van der Waals surface area contributed by atoms with Crippen molar-refractivity contribution in [3.8, 4) is 17.5 Å². The number of sulfonamides is 1. The predicted octanol–water partition coefficient (Wildman–Crippen LogP) is 5.18. The fraction of sp³-hybridized carbons (Fsp3) is 0.625. The first-order chi connectivity index (χ1) is 27.5. The third-order valence-corrected chi connectivity index (χ3v) is 14.6. The van der Waals surface area contributed by atoms with Crippen LogP contribution in [0.1, 0.15) is 79.6 Å². The van der Waals surface area contributed by atoms with Gasteiger partial charge in [-0.05, 0) is 94.7 Å². The van der Waals surface area contributed by atoms with Crippen LogP contribution in [0.4, 0.5) is 18.0 Å². The van der Waals surface area contributed by atoms with Crippen molar-refractivity contribution in [3.05, 3.63) is 36.4 Å². The molecule has 0 bridgehead atoms. The lowest BCUT2D eigenvalue weighted by molar-refractivity contribution is -0.222. The number of methoxy groups -OCH3 is 2. The highest BCUT2D eigenvalue weighted by Gasteiger charge is 2.64. The number of nitrogens with zero attached hydrogens (tertiary/aromatic N) is 3. The Morgan fingerprint density at radius 1 is 1.08 bits per heavy atom. The van der Waals surface area contributed by atoms with Crippen LogP contribution in [0.5, 0.6) is 17.5 Å². The van der Waals surface area contributed by atoms with Gasteiger partial charge in [0.1, 0.15) is 35.0 Å². The van der Waals surface area contributed by atoms with E-state index in [0.29, 0.717) is 56.1 Å². The zero-order chi connectivity index (χ0) is 43.5. The molecule has 3 fully saturated rings. The number of alkyl halides is 3. The van der Waals surface area contributed by atoms with Crippen LogP contribution in [0.3, 0.4) is 0 Å². The smallest absolute Gasteiger partial charge is 0.411 e. The first-order valence-corrected chi connectivity index (χ1v) is 21.1. The molecule has 3 heterocycles. The second kappa shape index (κ2) is 15.7. The molecule has 15 nitrogen and oxygen atoms in total. The average Bonchev–Trinajstić information content (AvgIpc) is 4.03. The number of aromatic nitrogens is 1. The van der Waals surface area contributed by atoms with Crippen molar-refractivity contribution < 1.29 is 60.1 Å². The monoisotopic (exact) mass is 851 g/mol. The Hall–Kier alpha value is -4.81. The molecule has 2 saturated carbocycles. The van der Waals surface area contributed by atoms with Crippen molar-refractivity contribution in [3.63, 3.8) is 0 Å². The Labute approximate surface area is 341 Å². The molecule has 1 aromatic heterocycles. The van der Waals surface area contributed by atoms with Crippen LogP contribution in [-0.4, -0.2) is 113 Å². The summed E-state index contributed by atoms with van der Waals surface area (Å²) in [4.78, 5) is 62.1. The minimum absolute atomic E-state index is 0.0405. The van der Waals surface area contributed by atoms with E-state index in [1.807, 2.05) is 6.92 Å². The highest BCUT2D eigenvalue weighted by molar-refractivity contribution is 7.91. The van der Waals surface area contributed by atoms with Gasteiger partial charge in [0.2, 0.25) is 33.6 Å². The average molecular weight is 852 g/mol. The Kier molecular flexibility index (Phi) is 11.6. The number of allylic oxidation sites excluding steroid dienone is 1. The molecule has 2 aromatic rings. The summed E-state index contributed by atoms with van der Waals surface area (Å²) >= 11 is 0. The van der Waals surface area contributed by atoms with Gasteiger partial charge >= 0.3 is 12.3 Å². The molecule has 1 aromatic carbocycles. The van der Waals surface area contributed by atoms with Crippen LogP contribution in [0.15, 0.2) is 36.4 Å². The maximum atomic E-state index is 15.0. The van der Waals surface area contributed by atoms with Crippen LogP contribution >= 0.6 is 0 Å². The van der Waals surface area contributed by atoms with Gasteiger partial charge in [0, 0.05) is 23.8 Å². The van der Waals surface area contributed by atoms with Gasteiger partial charge in [-0.25, -0.2) is 13.2 Å². The molecule has 4 amide bonds. The molecule has 7 atom stereocenters. The lowest BCUT2D eigenvalue weighted by atomic mass is 9.85. The number of benzene rings is 1. The number of carbonyl (C=O) groups excluding carboxylic acids is 3. The van der Waals surface area contributed by atoms with Crippen molar-refractivity contribution in [1.29, 1.82) is 0 Å². The second-order valence-electron chi connectivity index (χ2n) is 17.2. The van der Waals surface area contributed by atoms with Crippen molar-refractivity contribution in [2.75, 3.05) is 20.8 Å². The maximum absolute atomic E-state index is 15.0. The number of halogens is 3. The summed E-state index contributed by atoms with van der Waals surface area (Å²) in [5.41, 5.74) is -4.78. The predicted molar refractivity (Wildman–Crippen MR) is 208 cm³/mol. The van der Waals surface area contributed by atoms with Crippen molar-refractivity contribution >= 4 is 44.6 Å². The van der Waals surface area contributed by atoms with Gasteiger partial charge in [0.15, 0.2) is 0 Å². The number of nitrogens with one attached hydrogen (secondary N) is 2.